The molecule has 0 aliphatic carbocycles. The van der Waals surface area contributed by atoms with Crippen molar-refractivity contribution < 1.29 is 22.7 Å². The van der Waals surface area contributed by atoms with Crippen LogP contribution in [0, 0.1) is 6.92 Å². The van der Waals surface area contributed by atoms with Gasteiger partial charge in [0.1, 0.15) is 11.8 Å². The Morgan fingerprint density at radius 2 is 1.79 bits per heavy atom. The summed E-state index contributed by atoms with van der Waals surface area (Å²) in [4.78, 5) is 26.9. The van der Waals surface area contributed by atoms with Gasteiger partial charge >= 0.3 is 0 Å². The van der Waals surface area contributed by atoms with Crippen LogP contribution < -0.4 is 14.4 Å². The normalized spacial score (nSPS) is 12.0. The topological polar surface area (TPSA) is 96.0 Å². The highest BCUT2D eigenvalue weighted by molar-refractivity contribution is 7.92. The van der Waals surface area contributed by atoms with Gasteiger partial charge in [0.2, 0.25) is 21.8 Å². The molecule has 0 aromatic heterocycles. The maximum Gasteiger partial charge on any atom is 0.242 e. The Kier molecular flexibility index (Phi) is 9.28. The molecule has 0 unspecified atom stereocenters. The Morgan fingerprint density at radius 1 is 1.12 bits per heavy atom. The predicted octanol–water partition coefficient (Wildman–Crippen LogP) is 2.71. The number of hydrogen-bond donors (Lipinski definition) is 1. The van der Waals surface area contributed by atoms with Crippen LogP contribution in [0.4, 0.5) is 5.69 Å². The first-order valence-corrected chi connectivity index (χ1v) is 12.6. The van der Waals surface area contributed by atoms with Crippen molar-refractivity contribution in [3.8, 4) is 5.75 Å². The van der Waals surface area contributed by atoms with Crippen LogP contribution in [0.3, 0.4) is 0 Å². The smallest absolute Gasteiger partial charge is 0.242 e. The number of anilines is 1. The molecule has 2 rings (SSSR count). The van der Waals surface area contributed by atoms with E-state index in [1.165, 1.54) is 23.4 Å². The second-order valence-electron chi connectivity index (χ2n) is 7.94. The maximum absolute atomic E-state index is 13.1. The third kappa shape index (κ3) is 7.49. The van der Waals surface area contributed by atoms with Gasteiger partial charge in [-0.15, -0.1) is 0 Å². The highest BCUT2D eigenvalue weighted by atomic mass is 32.2. The number of rotatable bonds is 11. The first kappa shape index (κ1) is 26.2. The van der Waals surface area contributed by atoms with Gasteiger partial charge < -0.3 is 15.0 Å². The minimum Gasteiger partial charge on any atom is -0.497 e. The van der Waals surface area contributed by atoms with Crippen molar-refractivity contribution in [1.82, 2.24) is 10.2 Å². The van der Waals surface area contributed by atoms with E-state index in [2.05, 4.69) is 5.32 Å². The molecule has 0 fully saturated rings. The fraction of sp³-hybridized carbons (Fsp3) is 0.417. The van der Waals surface area contributed by atoms with Crippen molar-refractivity contribution in [3.05, 3.63) is 59.7 Å². The van der Waals surface area contributed by atoms with E-state index in [-0.39, 0.29) is 24.8 Å². The van der Waals surface area contributed by atoms with Crippen LogP contribution in [-0.2, 0) is 26.2 Å². The first-order valence-electron chi connectivity index (χ1n) is 10.7. The number of nitrogens with one attached hydrogen (secondary N) is 1. The Hall–Kier alpha value is -3.07. The number of carbonyl (C=O) groups excluding carboxylic acids is 2. The van der Waals surface area contributed by atoms with Gasteiger partial charge in [-0.2, -0.15) is 0 Å². The SMILES string of the molecule is CNC(=O)[C@@H](C)N(Cc1cccc(C)c1)C(=O)CCCN(c1ccc(OC)cc1)S(C)(=O)=O. The van der Waals surface area contributed by atoms with Gasteiger partial charge in [-0.25, -0.2) is 8.42 Å². The number of hydrogen-bond acceptors (Lipinski definition) is 5. The Bertz CT molecular complexity index is 1050. The second-order valence-corrected chi connectivity index (χ2v) is 9.84. The zero-order valence-electron chi connectivity index (χ0n) is 19.9. The molecule has 9 heteroatoms. The molecule has 180 valence electrons. The quantitative estimate of drug-likeness (QED) is 0.539. The van der Waals surface area contributed by atoms with E-state index in [9.17, 15) is 18.0 Å². The molecular formula is C24H33N3O5S. The third-order valence-corrected chi connectivity index (χ3v) is 6.56. The van der Waals surface area contributed by atoms with Gasteiger partial charge in [0.05, 0.1) is 19.1 Å². The summed E-state index contributed by atoms with van der Waals surface area (Å²) < 4.78 is 31.1. The van der Waals surface area contributed by atoms with Crippen LogP contribution in [0.5, 0.6) is 5.75 Å². The van der Waals surface area contributed by atoms with Gasteiger partial charge in [0.15, 0.2) is 0 Å². The number of nitrogens with zero attached hydrogens (tertiary/aromatic N) is 2. The molecule has 2 aromatic rings. The molecule has 2 amide bonds. The fourth-order valence-corrected chi connectivity index (χ4v) is 4.52. The average Bonchev–Trinajstić information content (AvgIpc) is 2.78. The van der Waals surface area contributed by atoms with Crippen LogP contribution in [0.15, 0.2) is 48.5 Å². The molecule has 33 heavy (non-hydrogen) atoms. The lowest BCUT2D eigenvalue weighted by molar-refractivity contribution is -0.140. The highest BCUT2D eigenvalue weighted by Crippen LogP contribution is 2.22. The standard InChI is InChI=1S/C24H33N3O5S/c1-18-8-6-9-20(16-18)17-26(19(2)24(29)25-3)23(28)10-7-15-27(33(5,30)31)21-11-13-22(32-4)14-12-21/h6,8-9,11-14,16,19H,7,10,15,17H2,1-5H3,(H,25,29)/t19-/m1/s1. The van der Waals surface area contributed by atoms with E-state index in [0.717, 1.165) is 17.4 Å². The van der Waals surface area contributed by atoms with Gasteiger partial charge in [0, 0.05) is 26.6 Å². The Labute approximate surface area is 196 Å². The van der Waals surface area contributed by atoms with Crippen molar-refractivity contribution >= 4 is 27.5 Å². The number of carbonyl (C=O) groups is 2. The lowest BCUT2D eigenvalue weighted by atomic mass is 10.1. The van der Waals surface area contributed by atoms with Gasteiger partial charge in [-0.05, 0) is 50.1 Å². The number of ether oxygens (including phenoxy) is 1. The number of sulfonamides is 1. The maximum atomic E-state index is 13.1. The zero-order valence-corrected chi connectivity index (χ0v) is 20.7. The summed E-state index contributed by atoms with van der Waals surface area (Å²) in [7, 11) is -0.466. The molecule has 0 saturated carbocycles. The van der Waals surface area contributed by atoms with Gasteiger partial charge in [-0.3, -0.25) is 13.9 Å². The zero-order chi connectivity index (χ0) is 24.6. The van der Waals surface area contributed by atoms with E-state index in [1.54, 1.807) is 31.2 Å². The third-order valence-electron chi connectivity index (χ3n) is 5.36. The average molecular weight is 476 g/mol. The Morgan fingerprint density at radius 3 is 2.33 bits per heavy atom. The van der Waals surface area contributed by atoms with E-state index in [4.69, 9.17) is 4.74 Å². The van der Waals surface area contributed by atoms with E-state index in [1.807, 2.05) is 31.2 Å². The molecule has 0 spiro atoms. The molecule has 1 N–H and O–H groups in total. The lowest BCUT2D eigenvalue weighted by Crippen LogP contribution is -2.46. The van der Waals surface area contributed by atoms with Crippen LogP contribution in [0.2, 0.25) is 0 Å². The van der Waals surface area contributed by atoms with E-state index < -0.39 is 16.1 Å². The van der Waals surface area contributed by atoms with E-state index >= 15 is 0 Å². The Balaban J connectivity index is 2.13. The molecule has 0 bridgehead atoms. The summed E-state index contributed by atoms with van der Waals surface area (Å²) in [5.41, 5.74) is 2.49. The van der Waals surface area contributed by atoms with Crippen molar-refractivity contribution in [1.29, 1.82) is 0 Å². The largest absolute Gasteiger partial charge is 0.497 e. The molecule has 0 heterocycles. The van der Waals surface area contributed by atoms with Gasteiger partial charge in [0.25, 0.3) is 0 Å². The number of amides is 2. The summed E-state index contributed by atoms with van der Waals surface area (Å²) in [5, 5.41) is 2.59. The highest BCUT2D eigenvalue weighted by Gasteiger charge is 2.26. The van der Waals surface area contributed by atoms with E-state index in [0.29, 0.717) is 24.4 Å². The minimum absolute atomic E-state index is 0.106. The summed E-state index contributed by atoms with van der Waals surface area (Å²) in [6, 6.07) is 13.8. The second kappa shape index (κ2) is 11.7. The summed E-state index contributed by atoms with van der Waals surface area (Å²) >= 11 is 0. The number of aryl methyl sites for hydroxylation is 1. The predicted molar refractivity (Wildman–Crippen MR) is 130 cm³/mol. The number of methoxy groups -OCH3 is 1. The van der Waals surface area contributed by atoms with Crippen molar-refractivity contribution in [3.63, 3.8) is 0 Å². The molecule has 8 nitrogen and oxygen atoms in total. The molecule has 0 aliphatic rings. The molecule has 2 aromatic carbocycles. The molecule has 0 radical (unpaired) electrons. The minimum atomic E-state index is -3.54. The lowest BCUT2D eigenvalue weighted by Gasteiger charge is -2.29. The molecule has 0 aliphatic heterocycles. The molecule has 1 atom stereocenters. The van der Waals surface area contributed by atoms with Crippen molar-refractivity contribution in [2.24, 2.45) is 0 Å². The van der Waals surface area contributed by atoms with Crippen LogP contribution in [0.1, 0.15) is 30.9 Å². The van der Waals surface area contributed by atoms with Crippen molar-refractivity contribution in [2.75, 3.05) is 31.3 Å². The summed E-state index contributed by atoms with van der Waals surface area (Å²) in [5.74, 6) is 0.153. The van der Waals surface area contributed by atoms with Crippen LogP contribution >= 0.6 is 0 Å². The first-order chi connectivity index (χ1) is 15.6. The monoisotopic (exact) mass is 475 g/mol. The fourth-order valence-electron chi connectivity index (χ4n) is 3.55. The number of benzene rings is 2. The summed E-state index contributed by atoms with van der Waals surface area (Å²) in [6.07, 6.45) is 1.55. The summed E-state index contributed by atoms with van der Waals surface area (Å²) in [6.45, 7) is 4.09. The van der Waals surface area contributed by atoms with Gasteiger partial charge in [-0.1, -0.05) is 29.8 Å². The number of likely N-dealkylation sites (N-methyl/N-ethyl adjacent to an activating group) is 1. The molecule has 0 saturated heterocycles. The van der Waals surface area contributed by atoms with Crippen LogP contribution in [0.25, 0.3) is 0 Å². The van der Waals surface area contributed by atoms with Crippen LogP contribution in [-0.4, -0.2) is 58.1 Å². The van der Waals surface area contributed by atoms with Crippen molar-refractivity contribution in [2.45, 2.75) is 39.3 Å². The molecular weight excluding hydrogens is 442 g/mol.